The van der Waals surface area contributed by atoms with Crippen molar-refractivity contribution in [1.29, 1.82) is 0 Å². The van der Waals surface area contributed by atoms with Crippen LogP contribution in [0.5, 0.6) is 0 Å². The number of hydrogen-bond donors (Lipinski definition) is 2. The summed E-state index contributed by atoms with van der Waals surface area (Å²) in [6.07, 6.45) is 6.89. The van der Waals surface area contributed by atoms with Crippen molar-refractivity contribution in [2.75, 3.05) is 26.2 Å². The van der Waals surface area contributed by atoms with Crippen molar-refractivity contribution >= 4 is 0 Å². The molecule has 0 unspecified atom stereocenters. The maximum atomic E-state index is 4.40. The van der Waals surface area contributed by atoms with E-state index in [1.807, 2.05) is 9.58 Å². The molecule has 2 N–H and O–H groups in total. The molecule has 1 saturated carbocycles. The third-order valence-corrected chi connectivity index (χ3v) is 5.81. The van der Waals surface area contributed by atoms with E-state index in [4.69, 9.17) is 0 Å². The van der Waals surface area contributed by atoms with Crippen LogP contribution >= 0.6 is 0 Å². The second kappa shape index (κ2) is 6.85. The Morgan fingerprint density at radius 1 is 1.13 bits per heavy atom. The van der Waals surface area contributed by atoms with Crippen LogP contribution in [0.25, 0.3) is 0 Å². The molecule has 1 aliphatic heterocycles. The number of tetrazole rings is 1. The van der Waals surface area contributed by atoms with E-state index < -0.39 is 0 Å². The molecule has 23 heavy (non-hydrogen) atoms. The fourth-order valence-electron chi connectivity index (χ4n) is 4.53. The van der Waals surface area contributed by atoms with Crippen LogP contribution in [-0.2, 0) is 5.54 Å². The lowest BCUT2D eigenvalue weighted by atomic mass is 10.1. The van der Waals surface area contributed by atoms with Crippen molar-refractivity contribution < 1.29 is 9.80 Å². The Labute approximate surface area is 140 Å². The zero-order valence-corrected chi connectivity index (χ0v) is 15.3. The molecule has 3 rings (SSSR count). The molecule has 1 aromatic heterocycles. The van der Waals surface area contributed by atoms with Crippen LogP contribution in [0.1, 0.15) is 71.7 Å². The van der Waals surface area contributed by atoms with Crippen molar-refractivity contribution in [1.82, 2.24) is 20.2 Å². The van der Waals surface area contributed by atoms with Crippen LogP contribution < -0.4 is 9.80 Å². The first-order valence-electron chi connectivity index (χ1n) is 9.48. The number of nitrogens with one attached hydrogen (secondary N) is 2. The van der Waals surface area contributed by atoms with Crippen LogP contribution in [0.2, 0.25) is 0 Å². The van der Waals surface area contributed by atoms with Gasteiger partial charge in [0.25, 0.3) is 0 Å². The second-order valence-electron chi connectivity index (χ2n) is 8.38. The lowest BCUT2D eigenvalue weighted by Crippen LogP contribution is -3.29. The fourth-order valence-corrected chi connectivity index (χ4v) is 4.53. The minimum absolute atomic E-state index is 0.0530. The molecule has 0 amide bonds. The van der Waals surface area contributed by atoms with Gasteiger partial charge in [0.05, 0.1) is 11.6 Å². The summed E-state index contributed by atoms with van der Waals surface area (Å²) in [5, 5.41) is 12.6. The molecule has 0 spiro atoms. The Bertz CT molecular complexity index is 491. The Morgan fingerprint density at radius 3 is 2.35 bits per heavy atom. The lowest BCUT2D eigenvalue weighted by Gasteiger charge is -2.36. The van der Waals surface area contributed by atoms with E-state index in [1.54, 1.807) is 4.90 Å². The van der Waals surface area contributed by atoms with Crippen molar-refractivity contribution in [3.05, 3.63) is 5.82 Å². The highest BCUT2D eigenvalue weighted by atomic mass is 15.6. The number of hydrogen-bond acceptors (Lipinski definition) is 3. The molecule has 2 aliphatic rings. The molecular formula is C17H34N6+2. The van der Waals surface area contributed by atoms with E-state index in [0.29, 0.717) is 6.04 Å². The highest BCUT2D eigenvalue weighted by Gasteiger charge is 2.37. The van der Waals surface area contributed by atoms with Gasteiger partial charge in [-0.2, -0.15) is 0 Å². The van der Waals surface area contributed by atoms with E-state index in [0.717, 1.165) is 18.3 Å². The van der Waals surface area contributed by atoms with E-state index in [2.05, 4.69) is 43.2 Å². The monoisotopic (exact) mass is 322 g/mol. The average molecular weight is 323 g/mol. The van der Waals surface area contributed by atoms with Gasteiger partial charge in [0.1, 0.15) is 32.2 Å². The zero-order chi connectivity index (χ0) is 16.4. The summed E-state index contributed by atoms with van der Waals surface area (Å²) >= 11 is 0. The summed E-state index contributed by atoms with van der Waals surface area (Å²) in [6, 6.07) is 1.37. The molecule has 2 heterocycles. The van der Waals surface area contributed by atoms with Crippen LogP contribution in [0, 0.1) is 0 Å². The van der Waals surface area contributed by atoms with Crippen molar-refractivity contribution in [2.24, 2.45) is 0 Å². The minimum atomic E-state index is -0.0530. The molecule has 0 radical (unpaired) electrons. The first-order valence-corrected chi connectivity index (χ1v) is 9.48. The summed E-state index contributed by atoms with van der Waals surface area (Å²) in [5.74, 6) is 1.07. The number of rotatable bonds is 4. The van der Waals surface area contributed by atoms with Gasteiger partial charge in [-0.25, -0.2) is 4.68 Å². The third kappa shape index (κ3) is 3.58. The summed E-state index contributed by atoms with van der Waals surface area (Å²) in [4.78, 5) is 3.53. The van der Waals surface area contributed by atoms with Crippen LogP contribution in [0.3, 0.4) is 0 Å². The topological polar surface area (TPSA) is 52.5 Å². The van der Waals surface area contributed by atoms with Gasteiger partial charge in [0.15, 0.2) is 0 Å². The van der Waals surface area contributed by atoms with E-state index >= 15 is 0 Å². The maximum absolute atomic E-state index is 4.40. The zero-order valence-electron chi connectivity index (χ0n) is 15.3. The van der Waals surface area contributed by atoms with E-state index in [1.165, 1.54) is 51.9 Å². The minimum Gasteiger partial charge on any atom is -0.323 e. The van der Waals surface area contributed by atoms with E-state index in [-0.39, 0.29) is 5.54 Å². The van der Waals surface area contributed by atoms with Crippen molar-refractivity contribution in [3.63, 3.8) is 0 Å². The lowest BCUT2D eigenvalue weighted by molar-refractivity contribution is -1.04. The number of aromatic nitrogens is 4. The second-order valence-corrected chi connectivity index (χ2v) is 8.38. The molecule has 6 nitrogen and oxygen atoms in total. The Hall–Kier alpha value is -1.01. The average Bonchev–Trinajstić information content (AvgIpc) is 3.20. The Balaban J connectivity index is 1.67. The smallest absolute Gasteiger partial charge is 0.209 e. The molecule has 1 aromatic rings. The van der Waals surface area contributed by atoms with Crippen LogP contribution in [0.15, 0.2) is 0 Å². The van der Waals surface area contributed by atoms with Gasteiger partial charge in [-0.3, -0.25) is 0 Å². The summed E-state index contributed by atoms with van der Waals surface area (Å²) < 4.78 is 2.03. The highest BCUT2D eigenvalue weighted by molar-refractivity contribution is 4.91. The van der Waals surface area contributed by atoms with Gasteiger partial charge in [0, 0.05) is 6.42 Å². The normalized spacial score (nSPS) is 28.2. The predicted molar refractivity (Wildman–Crippen MR) is 89.5 cm³/mol. The van der Waals surface area contributed by atoms with Crippen molar-refractivity contribution in [3.8, 4) is 0 Å². The molecule has 0 bridgehead atoms. The molecule has 1 atom stereocenters. The number of piperazine rings is 1. The van der Waals surface area contributed by atoms with Gasteiger partial charge in [0.2, 0.25) is 5.82 Å². The van der Waals surface area contributed by atoms with Gasteiger partial charge < -0.3 is 9.80 Å². The SMILES string of the molecule is CC[C@@H](c1nnnn1C(C)(C)C)[NH+]1CC[NH+](C2CCCC2)CC1. The molecule has 1 saturated heterocycles. The number of quaternary nitrogens is 2. The van der Waals surface area contributed by atoms with E-state index in [9.17, 15) is 0 Å². The largest absolute Gasteiger partial charge is 0.323 e. The number of nitrogens with zero attached hydrogens (tertiary/aromatic N) is 4. The van der Waals surface area contributed by atoms with Crippen LogP contribution in [0.4, 0.5) is 0 Å². The highest BCUT2D eigenvalue weighted by Crippen LogP contribution is 2.19. The Morgan fingerprint density at radius 2 is 1.78 bits per heavy atom. The first-order chi connectivity index (χ1) is 11.0. The van der Waals surface area contributed by atoms with Gasteiger partial charge in [-0.05, 0) is 56.9 Å². The van der Waals surface area contributed by atoms with Gasteiger partial charge in [-0.15, -0.1) is 5.10 Å². The standard InChI is InChI=1S/C17H32N6/c1-5-15(16-18-19-20-23(16)17(2,3)4)22-12-10-21(11-13-22)14-8-6-7-9-14/h14-15H,5-13H2,1-4H3/p+2/t15-/m0/s1. The molecular weight excluding hydrogens is 288 g/mol. The van der Waals surface area contributed by atoms with Gasteiger partial charge in [-0.1, -0.05) is 6.92 Å². The third-order valence-electron chi connectivity index (χ3n) is 5.81. The first kappa shape index (κ1) is 16.8. The quantitative estimate of drug-likeness (QED) is 0.793. The Kier molecular flexibility index (Phi) is 5.01. The molecule has 1 aliphatic carbocycles. The van der Waals surface area contributed by atoms with Crippen molar-refractivity contribution in [2.45, 2.75) is 77.4 Å². The van der Waals surface area contributed by atoms with Crippen LogP contribution in [-0.4, -0.2) is 52.4 Å². The van der Waals surface area contributed by atoms with Gasteiger partial charge >= 0.3 is 0 Å². The fraction of sp³-hybridized carbons (Fsp3) is 0.941. The summed E-state index contributed by atoms with van der Waals surface area (Å²) in [7, 11) is 0. The maximum Gasteiger partial charge on any atom is 0.209 e. The molecule has 130 valence electrons. The molecule has 6 heteroatoms. The molecule has 0 aromatic carbocycles. The molecule has 2 fully saturated rings. The summed E-state index contributed by atoms with van der Waals surface area (Å²) in [5.41, 5.74) is -0.0530. The predicted octanol–water partition coefficient (Wildman–Crippen LogP) is -0.395. The summed E-state index contributed by atoms with van der Waals surface area (Å²) in [6.45, 7) is 13.9.